The molecule has 5 atom stereocenters. The molecule has 0 unspecified atom stereocenters. The van der Waals surface area contributed by atoms with E-state index in [1.807, 2.05) is 33.8 Å². The lowest BCUT2D eigenvalue weighted by Crippen LogP contribution is -2.60. The van der Waals surface area contributed by atoms with Crippen LogP contribution in [-0.2, 0) is 23.7 Å². The van der Waals surface area contributed by atoms with Crippen molar-refractivity contribution in [3.8, 4) is 0 Å². The number of allylic oxidation sites excluding steroid dienone is 1. The minimum atomic E-state index is -1.31. The maximum absolute atomic E-state index is 11.3. The Kier molecular flexibility index (Phi) is 8.86. The predicted octanol–water partition coefficient (Wildman–Crippen LogP) is 1.02. The molecule has 0 aromatic carbocycles. The normalized spacial score (nSPS) is 31.3. The van der Waals surface area contributed by atoms with Crippen LogP contribution in [0.5, 0.6) is 0 Å². The maximum Gasteiger partial charge on any atom is 0.303 e. The minimum Gasteiger partial charge on any atom is -0.454 e. The van der Waals surface area contributed by atoms with Gasteiger partial charge in [-0.2, -0.15) is 0 Å². The van der Waals surface area contributed by atoms with Crippen LogP contribution in [0.25, 0.3) is 0 Å². The number of ether oxygens (including phenoxy) is 4. The van der Waals surface area contributed by atoms with E-state index in [1.54, 1.807) is 0 Å². The summed E-state index contributed by atoms with van der Waals surface area (Å²) in [5, 5.41) is 20.5. The van der Waals surface area contributed by atoms with Gasteiger partial charge in [-0.05, 0) is 19.8 Å². The van der Waals surface area contributed by atoms with Crippen molar-refractivity contribution < 1.29 is 34.0 Å². The van der Waals surface area contributed by atoms with E-state index in [4.69, 9.17) is 18.9 Å². The first-order chi connectivity index (χ1) is 11.3. The Labute approximate surface area is 143 Å². The van der Waals surface area contributed by atoms with Gasteiger partial charge >= 0.3 is 5.97 Å². The van der Waals surface area contributed by atoms with Crippen LogP contribution in [-0.4, -0.2) is 66.7 Å². The van der Waals surface area contributed by atoms with E-state index in [0.29, 0.717) is 13.2 Å². The van der Waals surface area contributed by atoms with Crippen molar-refractivity contribution >= 4 is 5.97 Å². The summed E-state index contributed by atoms with van der Waals surface area (Å²) in [6, 6.07) is 0. The molecule has 24 heavy (non-hydrogen) atoms. The number of esters is 1. The third-order valence-electron chi connectivity index (χ3n) is 3.65. The number of hydrogen-bond donors (Lipinski definition) is 2. The highest BCUT2D eigenvalue weighted by Crippen LogP contribution is 2.25. The van der Waals surface area contributed by atoms with Gasteiger partial charge in [0.2, 0.25) is 0 Å². The van der Waals surface area contributed by atoms with Crippen LogP contribution in [0, 0.1) is 5.92 Å². The van der Waals surface area contributed by atoms with Gasteiger partial charge < -0.3 is 29.2 Å². The second-order valence-corrected chi connectivity index (χ2v) is 6.48. The highest BCUT2D eigenvalue weighted by atomic mass is 16.7. The summed E-state index contributed by atoms with van der Waals surface area (Å²) in [5.41, 5.74) is 1.05. The summed E-state index contributed by atoms with van der Waals surface area (Å²) in [6.07, 6.45) is -3.42. The summed E-state index contributed by atoms with van der Waals surface area (Å²) in [6.45, 7) is 9.88. The fraction of sp³-hybridized carbons (Fsp3) is 0.824. The van der Waals surface area contributed by atoms with Crippen molar-refractivity contribution in [2.45, 2.75) is 65.3 Å². The van der Waals surface area contributed by atoms with Gasteiger partial charge in [-0.25, -0.2) is 0 Å². The Morgan fingerprint density at radius 2 is 1.92 bits per heavy atom. The molecule has 0 spiro atoms. The highest BCUT2D eigenvalue weighted by molar-refractivity contribution is 5.66. The Morgan fingerprint density at radius 3 is 2.46 bits per heavy atom. The number of carbonyl (C=O) groups excluding carboxylic acids is 1. The van der Waals surface area contributed by atoms with Crippen LogP contribution in [0.3, 0.4) is 0 Å². The molecule has 140 valence electrons. The first-order valence-electron chi connectivity index (χ1n) is 8.26. The highest BCUT2D eigenvalue weighted by Gasteiger charge is 2.47. The molecule has 2 N–H and O–H groups in total. The third kappa shape index (κ3) is 6.49. The van der Waals surface area contributed by atoms with E-state index < -0.39 is 36.7 Å². The molecule has 0 radical (unpaired) electrons. The Hall–Kier alpha value is -0.990. The van der Waals surface area contributed by atoms with Crippen molar-refractivity contribution in [3.63, 3.8) is 0 Å². The van der Waals surface area contributed by atoms with Gasteiger partial charge in [-0.3, -0.25) is 4.79 Å². The Bertz CT molecular complexity index is 421. The monoisotopic (exact) mass is 346 g/mol. The number of aliphatic hydroxyl groups excluding tert-OH is 2. The molecule has 1 saturated heterocycles. The lowest BCUT2D eigenvalue weighted by molar-refractivity contribution is -0.306. The maximum atomic E-state index is 11.3. The van der Waals surface area contributed by atoms with Crippen LogP contribution in [0.1, 0.15) is 34.6 Å². The molecule has 1 fully saturated rings. The summed E-state index contributed by atoms with van der Waals surface area (Å²) < 4.78 is 21.9. The molecular weight excluding hydrogens is 316 g/mol. The zero-order valence-electron chi connectivity index (χ0n) is 15.1. The lowest BCUT2D eigenvalue weighted by atomic mass is 9.99. The average molecular weight is 346 g/mol. The second-order valence-electron chi connectivity index (χ2n) is 6.48. The van der Waals surface area contributed by atoms with E-state index in [9.17, 15) is 15.0 Å². The van der Waals surface area contributed by atoms with Crippen LogP contribution in [0.4, 0.5) is 0 Å². The van der Waals surface area contributed by atoms with E-state index in [1.165, 1.54) is 6.92 Å². The standard InChI is InChI=1S/C17H30O7/c1-6-11(4)8-21-9-13-14(19)15(20)16(23-12(5)18)17(24-13)22-7-10(2)3/h6,10,13-17,19-20H,7-9H2,1-5H3/b11-6+/t13-,14-,15+,16-,17-/m1/s1. The third-order valence-corrected chi connectivity index (χ3v) is 3.65. The zero-order chi connectivity index (χ0) is 18.3. The lowest BCUT2D eigenvalue weighted by Gasteiger charge is -2.41. The largest absolute Gasteiger partial charge is 0.454 e. The summed E-state index contributed by atoms with van der Waals surface area (Å²) in [5.74, 6) is -0.339. The fourth-order valence-corrected chi connectivity index (χ4v) is 2.20. The van der Waals surface area contributed by atoms with E-state index in [2.05, 4.69) is 0 Å². The first kappa shape index (κ1) is 21.1. The molecule has 0 aromatic heterocycles. The van der Waals surface area contributed by atoms with Gasteiger partial charge in [0.25, 0.3) is 0 Å². The Morgan fingerprint density at radius 1 is 1.25 bits per heavy atom. The van der Waals surface area contributed by atoms with E-state index in [-0.39, 0.29) is 12.5 Å². The molecule has 0 aliphatic carbocycles. The van der Waals surface area contributed by atoms with Gasteiger partial charge in [-0.15, -0.1) is 0 Å². The molecule has 0 aromatic rings. The van der Waals surface area contributed by atoms with E-state index >= 15 is 0 Å². The number of rotatable bonds is 8. The SMILES string of the molecule is C/C=C(\C)COC[C@H]1O[C@@H](OCC(C)C)[C@H](OC(C)=O)[C@@H](O)[C@@H]1O. The molecule has 0 amide bonds. The number of hydrogen-bond acceptors (Lipinski definition) is 7. The van der Waals surface area contributed by atoms with Gasteiger partial charge in [-0.1, -0.05) is 25.5 Å². The van der Waals surface area contributed by atoms with Crippen LogP contribution in [0.15, 0.2) is 11.6 Å². The zero-order valence-corrected chi connectivity index (χ0v) is 15.1. The van der Waals surface area contributed by atoms with Gasteiger partial charge in [0, 0.05) is 6.92 Å². The van der Waals surface area contributed by atoms with Gasteiger partial charge in [0.1, 0.15) is 18.3 Å². The second kappa shape index (κ2) is 10.1. The van der Waals surface area contributed by atoms with Gasteiger partial charge in [0.15, 0.2) is 12.4 Å². The van der Waals surface area contributed by atoms with E-state index in [0.717, 1.165) is 5.57 Å². The molecule has 7 heteroatoms. The van der Waals surface area contributed by atoms with Gasteiger partial charge in [0.05, 0.1) is 19.8 Å². The Balaban J connectivity index is 2.73. The minimum absolute atomic E-state index is 0.0950. The van der Waals surface area contributed by atoms with Crippen molar-refractivity contribution in [1.29, 1.82) is 0 Å². The molecule has 1 aliphatic rings. The molecule has 1 rings (SSSR count). The number of aliphatic hydroxyl groups is 2. The molecule has 0 saturated carbocycles. The average Bonchev–Trinajstić information content (AvgIpc) is 2.52. The van der Waals surface area contributed by atoms with Crippen LogP contribution in [0.2, 0.25) is 0 Å². The summed E-state index contributed by atoms with van der Waals surface area (Å²) in [4.78, 5) is 11.3. The van der Waals surface area contributed by atoms with Crippen molar-refractivity contribution in [1.82, 2.24) is 0 Å². The molecule has 0 bridgehead atoms. The first-order valence-corrected chi connectivity index (χ1v) is 8.26. The topological polar surface area (TPSA) is 94.5 Å². The fourth-order valence-electron chi connectivity index (χ4n) is 2.20. The summed E-state index contributed by atoms with van der Waals surface area (Å²) in [7, 11) is 0. The molecule has 7 nitrogen and oxygen atoms in total. The van der Waals surface area contributed by atoms with Crippen LogP contribution >= 0.6 is 0 Å². The molecular formula is C17H30O7. The smallest absolute Gasteiger partial charge is 0.303 e. The number of carbonyl (C=O) groups is 1. The van der Waals surface area contributed by atoms with Crippen LogP contribution < -0.4 is 0 Å². The predicted molar refractivity (Wildman–Crippen MR) is 87.3 cm³/mol. The van der Waals surface area contributed by atoms with Crippen molar-refractivity contribution in [2.24, 2.45) is 5.92 Å². The van der Waals surface area contributed by atoms with Crippen molar-refractivity contribution in [2.75, 3.05) is 19.8 Å². The summed E-state index contributed by atoms with van der Waals surface area (Å²) >= 11 is 0. The molecule has 1 aliphatic heterocycles. The molecule has 1 heterocycles. The van der Waals surface area contributed by atoms with Crippen molar-refractivity contribution in [3.05, 3.63) is 11.6 Å². The quantitative estimate of drug-likeness (QED) is 0.500.